The molecule has 14 heavy (non-hydrogen) atoms. The molecule has 76 valence electrons. The van der Waals surface area contributed by atoms with Crippen LogP contribution in [0, 0.1) is 0 Å². The first-order valence-corrected chi connectivity index (χ1v) is 5.13. The summed E-state index contributed by atoms with van der Waals surface area (Å²) in [5, 5.41) is 9.92. The monoisotopic (exact) mass is 212 g/mol. The molecule has 1 aliphatic rings. The Hall–Kier alpha value is -0.640. The molecule has 4 heteroatoms. The summed E-state index contributed by atoms with van der Waals surface area (Å²) in [6.45, 7) is 2.46. The third-order valence-electron chi connectivity index (χ3n) is 2.48. The van der Waals surface area contributed by atoms with Gasteiger partial charge in [0.25, 0.3) is 0 Å². The maximum absolute atomic E-state index is 9.36. The van der Waals surface area contributed by atoms with Gasteiger partial charge in [-0.25, -0.2) is 4.98 Å². The molecule has 0 unspecified atom stereocenters. The van der Waals surface area contributed by atoms with E-state index in [1.807, 2.05) is 12.1 Å². The van der Waals surface area contributed by atoms with Gasteiger partial charge in [-0.15, -0.1) is 0 Å². The highest BCUT2D eigenvalue weighted by molar-refractivity contribution is 6.30. The Morgan fingerprint density at radius 3 is 3.14 bits per heavy atom. The Morgan fingerprint density at radius 2 is 2.50 bits per heavy atom. The molecule has 3 nitrogen and oxygen atoms in total. The van der Waals surface area contributed by atoms with Crippen LogP contribution in [0.2, 0.25) is 5.15 Å². The molecule has 2 rings (SSSR count). The number of likely N-dealkylation sites (tertiary alicyclic amines) is 1. The number of rotatable bonds is 2. The minimum absolute atomic E-state index is 0.176. The molecule has 1 aliphatic heterocycles. The van der Waals surface area contributed by atoms with Crippen molar-refractivity contribution in [3.8, 4) is 0 Å². The van der Waals surface area contributed by atoms with Gasteiger partial charge < -0.3 is 5.11 Å². The van der Waals surface area contributed by atoms with E-state index in [0.29, 0.717) is 5.15 Å². The topological polar surface area (TPSA) is 36.4 Å². The van der Waals surface area contributed by atoms with E-state index in [0.717, 1.165) is 31.6 Å². The zero-order chi connectivity index (χ0) is 9.97. The zero-order valence-corrected chi connectivity index (χ0v) is 8.61. The van der Waals surface area contributed by atoms with E-state index >= 15 is 0 Å². The van der Waals surface area contributed by atoms with Crippen molar-refractivity contribution in [1.82, 2.24) is 9.88 Å². The third-order valence-corrected chi connectivity index (χ3v) is 2.82. The van der Waals surface area contributed by atoms with Gasteiger partial charge in [0.1, 0.15) is 5.15 Å². The molecular formula is C10H13ClN2O. The first-order chi connectivity index (χ1) is 6.75. The van der Waals surface area contributed by atoms with Crippen LogP contribution >= 0.6 is 11.6 Å². The average molecular weight is 213 g/mol. The van der Waals surface area contributed by atoms with Gasteiger partial charge in [0.15, 0.2) is 0 Å². The van der Waals surface area contributed by atoms with E-state index in [9.17, 15) is 5.11 Å². The molecule has 0 saturated carbocycles. The molecule has 1 atom stereocenters. The molecule has 0 aromatic carbocycles. The van der Waals surface area contributed by atoms with Crippen molar-refractivity contribution in [2.45, 2.75) is 19.1 Å². The van der Waals surface area contributed by atoms with Gasteiger partial charge in [-0.2, -0.15) is 0 Å². The second kappa shape index (κ2) is 4.26. The number of halogens is 1. The normalized spacial score (nSPS) is 22.9. The molecule has 1 aromatic rings. The lowest BCUT2D eigenvalue weighted by molar-refractivity contribution is 0.175. The second-order valence-electron chi connectivity index (χ2n) is 3.63. The summed E-state index contributed by atoms with van der Waals surface area (Å²) in [6.07, 6.45) is 2.37. The summed E-state index contributed by atoms with van der Waals surface area (Å²) in [4.78, 5) is 6.20. The highest BCUT2D eigenvalue weighted by Gasteiger charge is 2.20. The summed E-state index contributed by atoms with van der Waals surface area (Å²) >= 11 is 5.94. The van der Waals surface area contributed by atoms with Crippen LogP contribution in [0.25, 0.3) is 0 Å². The summed E-state index contributed by atoms with van der Waals surface area (Å²) in [5.74, 6) is 0. The lowest BCUT2D eigenvalue weighted by Crippen LogP contribution is -2.21. The highest BCUT2D eigenvalue weighted by atomic mass is 35.5. The number of aromatic nitrogens is 1. The molecule has 1 fully saturated rings. The third kappa shape index (κ3) is 2.23. The SMILES string of the molecule is O[C@@H]1CCN(Cc2cccnc2Cl)C1. The zero-order valence-electron chi connectivity index (χ0n) is 7.86. The van der Waals surface area contributed by atoms with Gasteiger partial charge in [-0.3, -0.25) is 4.90 Å². The van der Waals surface area contributed by atoms with Crippen molar-refractivity contribution in [2.75, 3.05) is 13.1 Å². The summed E-state index contributed by atoms with van der Waals surface area (Å²) < 4.78 is 0. The Morgan fingerprint density at radius 1 is 1.64 bits per heavy atom. The van der Waals surface area contributed by atoms with Crippen molar-refractivity contribution in [2.24, 2.45) is 0 Å². The van der Waals surface area contributed by atoms with Crippen LogP contribution in [0.15, 0.2) is 18.3 Å². The number of nitrogens with zero attached hydrogens (tertiary/aromatic N) is 2. The smallest absolute Gasteiger partial charge is 0.133 e. The fraction of sp³-hybridized carbons (Fsp3) is 0.500. The van der Waals surface area contributed by atoms with E-state index in [2.05, 4.69) is 9.88 Å². The number of aliphatic hydroxyl groups is 1. The molecular weight excluding hydrogens is 200 g/mol. The molecule has 0 radical (unpaired) electrons. The Bertz CT molecular complexity index is 319. The number of hydrogen-bond acceptors (Lipinski definition) is 3. The number of aliphatic hydroxyl groups excluding tert-OH is 1. The standard InChI is InChI=1S/C10H13ClN2O/c11-10-8(2-1-4-12-10)6-13-5-3-9(14)7-13/h1-2,4,9,14H,3,5-7H2/t9-/m1/s1. The lowest BCUT2D eigenvalue weighted by Gasteiger charge is -2.14. The molecule has 1 aromatic heterocycles. The van der Waals surface area contributed by atoms with Crippen LogP contribution in [0.3, 0.4) is 0 Å². The fourth-order valence-corrected chi connectivity index (χ4v) is 1.91. The van der Waals surface area contributed by atoms with Gasteiger partial charge in [-0.1, -0.05) is 17.7 Å². The van der Waals surface area contributed by atoms with Crippen molar-refractivity contribution >= 4 is 11.6 Å². The minimum Gasteiger partial charge on any atom is -0.392 e. The quantitative estimate of drug-likeness (QED) is 0.751. The first kappa shape index (κ1) is 9.90. The predicted octanol–water partition coefficient (Wildman–Crippen LogP) is 1.30. The lowest BCUT2D eigenvalue weighted by atomic mass is 10.3. The van der Waals surface area contributed by atoms with E-state index in [1.165, 1.54) is 0 Å². The van der Waals surface area contributed by atoms with Gasteiger partial charge in [0, 0.05) is 31.4 Å². The van der Waals surface area contributed by atoms with Crippen molar-refractivity contribution in [1.29, 1.82) is 0 Å². The molecule has 0 spiro atoms. The molecule has 1 N–H and O–H groups in total. The van der Waals surface area contributed by atoms with Gasteiger partial charge in [0.2, 0.25) is 0 Å². The van der Waals surface area contributed by atoms with Crippen LogP contribution in [-0.4, -0.2) is 34.2 Å². The van der Waals surface area contributed by atoms with Gasteiger partial charge in [0.05, 0.1) is 6.10 Å². The molecule has 0 bridgehead atoms. The van der Waals surface area contributed by atoms with Gasteiger partial charge in [-0.05, 0) is 12.5 Å². The van der Waals surface area contributed by atoms with Crippen molar-refractivity contribution in [3.05, 3.63) is 29.0 Å². The maximum atomic E-state index is 9.36. The van der Waals surface area contributed by atoms with Gasteiger partial charge >= 0.3 is 0 Å². The van der Waals surface area contributed by atoms with Crippen LogP contribution in [0.4, 0.5) is 0 Å². The van der Waals surface area contributed by atoms with E-state index < -0.39 is 0 Å². The Balaban J connectivity index is 2.01. The summed E-state index contributed by atoms with van der Waals surface area (Å²) in [6, 6.07) is 3.85. The van der Waals surface area contributed by atoms with Crippen LogP contribution in [0.1, 0.15) is 12.0 Å². The van der Waals surface area contributed by atoms with Crippen LogP contribution in [0.5, 0.6) is 0 Å². The average Bonchev–Trinajstić information content (AvgIpc) is 2.56. The fourth-order valence-electron chi connectivity index (χ4n) is 1.73. The summed E-state index contributed by atoms with van der Waals surface area (Å²) in [7, 11) is 0. The van der Waals surface area contributed by atoms with Crippen LogP contribution in [-0.2, 0) is 6.54 Å². The molecule has 0 amide bonds. The van der Waals surface area contributed by atoms with E-state index in [1.54, 1.807) is 6.20 Å². The molecule has 0 aliphatic carbocycles. The number of hydrogen-bond donors (Lipinski definition) is 1. The molecule has 2 heterocycles. The highest BCUT2D eigenvalue weighted by Crippen LogP contribution is 2.17. The summed E-state index contributed by atoms with van der Waals surface area (Å²) in [5.41, 5.74) is 1.03. The second-order valence-corrected chi connectivity index (χ2v) is 3.99. The van der Waals surface area contributed by atoms with Crippen molar-refractivity contribution < 1.29 is 5.11 Å². The minimum atomic E-state index is -0.176. The maximum Gasteiger partial charge on any atom is 0.133 e. The Labute approximate surface area is 88.3 Å². The van der Waals surface area contributed by atoms with E-state index in [-0.39, 0.29) is 6.10 Å². The van der Waals surface area contributed by atoms with Crippen molar-refractivity contribution in [3.63, 3.8) is 0 Å². The molecule has 1 saturated heterocycles. The predicted molar refractivity (Wildman–Crippen MR) is 55.1 cm³/mol. The Kier molecular flexibility index (Phi) is 3.01. The largest absolute Gasteiger partial charge is 0.392 e. The number of β-amino-alcohol motifs (C(OH)–C–C–N with tert-alkyl or cyclic N) is 1. The van der Waals surface area contributed by atoms with E-state index in [4.69, 9.17) is 11.6 Å². The number of pyridine rings is 1. The van der Waals surface area contributed by atoms with Crippen LogP contribution < -0.4 is 0 Å². The first-order valence-electron chi connectivity index (χ1n) is 4.75.